The van der Waals surface area contributed by atoms with Crippen molar-refractivity contribution in [3.63, 3.8) is 0 Å². The fourth-order valence-electron chi connectivity index (χ4n) is 1.39. The molecule has 0 saturated heterocycles. The van der Waals surface area contributed by atoms with Crippen LogP contribution < -0.4 is 4.84 Å². The first kappa shape index (κ1) is 9.45. The topological polar surface area (TPSA) is 64.4 Å². The Morgan fingerprint density at radius 2 is 2.33 bits per heavy atom. The fraction of sp³-hybridized carbons (Fsp3) is 0.111. The van der Waals surface area contributed by atoms with E-state index in [1.54, 1.807) is 0 Å². The molecule has 0 aliphatic carbocycles. The highest BCUT2D eigenvalue weighted by Gasteiger charge is 2.19. The monoisotopic (exact) mass is 210 g/mol. The van der Waals surface area contributed by atoms with Gasteiger partial charge in [0.1, 0.15) is 18.4 Å². The van der Waals surface area contributed by atoms with Crippen molar-refractivity contribution in [1.82, 2.24) is 9.94 Å². The van der Waals surface area contributed by atoms with Crippen molar-refractivity contribution in [3.05, 3.63) is 29.7 Å². The van der Waals surface area contributed by atoms with E-state index in [4.69, 9.17) is 9.94 Å². The van der Waals surface area contributed by atoms with E-state index in [0.29, 0.717) is 0 Å². The van der Waals surface area contributed by atoms with Crippen molar-refractivity contribution in [2.45, 2.75) is 0 Å². The average Bonchev–Trinajstić information content (AvgIpc) is 2.58. The molecule has 6 heteroatoms. The Kier molecular flexibility index (Phi) is 2.03. The summed E-state index contributed by atoms with van der Waals surface area (Å²) in [6.45, 7) is 0. The first-order valence-electron chi connectivity index (χ1n) is 4.10. The highest BCUT2D eigenvalue weighted by atomic mass is 19.1. The number of halogens is 1. The lowest BCUT2D eigenvalue weighted by molar-refractivity contribution is 0.0681. The second-order valence-electron chi connectivity index (χ2n) is 2.84. The normalized spacial score (nSPS) is 10.5. The molecule has 5 nitrogen and oxygen atoms in total. The predicted octanol–water partition coefficient (Wildman–Crippen LogP) is 0.932. The number of nitrogens with zero attached hydrogens (tertiary/aromatic N) is 2. The molecule has 1 N–H and O–H groups in total. The summed E-state index contributed by atoms with van der Waals surface area (Å²) in [6.07, 6.45) is 0. The first-order chi connectivity index (χ1) is 7.15. The minimum atomic E-state index is -1.29. The number of carboxylic acids is 1. The Balaban J connectivity index is 2.88. The fourth-order valence-corrected chi connectivity index (χ4v) is 1.39. The van der Waals surface area contributed by atoms with Gasteiger partial charge in [-0.25, -0.2) is 9.18 Å². The van der Waals surface area contributed by atoms with Crippen LogP contribution in [0.5, 0.6) is 0 Å². The van der Waals surface area contributed by atoms with Gasteiger partial charge in [0.2, 0.25) is 0 Å². The summed E-state index contributed by atoms with van der Waals surface area (Å²) in [5, 5.41) is 12.4. The molecule has 0 aliphatic heterocycles. The molecule has 0 atom stereocenters. The van der Waals surface area contributed by atoms with Crippen LogP contribution in [-0.4, -0.2) is 28.1 Å². The number of rotatable bonds is 2. The third kappa shape index (κ3) is 1.30. The Morgan fingerprint density at radius 3 is 2.93 bits per heavy atom. The van der Waals surface area contributed by atoms with Crippen molar-refractivity contribution in [2.24, 2.45) is 0 Å². The lowest BCUT2D eigenvalue weighted by atomic mass is 10.2. The molecule has 0 aliphatic rings. The van der Waals surface area contributed by atoms with E-state index in [-0.39, 0.29) is 16.6 Å². The highest BCUT2D eigenvalue weighted by molar-refractivity contribution is 6.01. The van der Waals surface area contributed by atoms with E-state index in [1.165, 1.54) is 25.3 Å². The summed E-state index contributed by atoms with van der Waals surface area (Å²) in [4.78, 5) is 16.6. The van der Waals surface area contributed by atoms with Gasteiger partial charge >= 0.3 is 5.97 Å². The summed E-state index contributed by atoms with van der Waals surface area (Å²) in [7, 11) is 1.32. The number of carbonyl (C=O) groups is 1. The minimum Gasteiger partial charge on any atom is -0.476 e. The van der Waals surface area contributed by atoms with E-state index < -0.39 is 11.8 Å². The third-order valence-corrected chi connectivity index (χ3v) is 2.00. The molecule has 0 fully saturated rings. The molecule has 0 spiro atoms. The second-order valence-corrected chi connectivity index (χ2v) is 2.84. The van der Waals surface area contributed by atoms with Crippen molar-refractivity contribution in [1.29, 1.82) is 0 Å². The molecule has 2 aromatic rings. The minimum absolute atomic E-state index is 0.0492. The van der Waals surface area contributed by atoms with Gasteiger partial charge in [0.15, 0.2) is 5.69 Å². The summed E-state index contributed by atoms with van der Waals surface area (Å²) < 4.78 is 13.4. The van der Waals surface area contributed by atoms with Gasteiger partial charge in [-0.05, 0) is 12.1 Å². The van der Waals surface area contributed by atoms with Gasteiger partial charge in [0, 0.05) is 0 Å². The van der Waals surface area contributed by atoms with Gasteiger partial charge in [-0.1, -0.05) is 10.9 Å². The molecule has 78 valence electrons. The molecule has 0 radical (unpaired) electrons. The van der Waals surface area contributed by atoms with Crippen LogP contribution in [0, 0.1) is 5.82 Å². The molecule has 2 rings (SSSR count). The maximum atomic E-state index is 13.4. The van der Waals surface area contributed by atoms with E-state index in [9.17, 15) is 9.18 Å². The number of aromatic carboxylic acids is 1. The Hall–Kier alpha value is -2.11. The number of benzene rings is 1. The molecule has 0 saturated carbocycles. The summed E-state index contributed by atoms with van der Waals surface area (Å²) in [5.74, 6) is -1.92. The Labute approximate surface area is 83.6 Å². The number of fused-ring (bicyclic) bond motifs is 1. The Bertz CT molecular complexity index is 535. The van der Waals surface area contributed by atoms with Crippen LogP contribution in [0.3, 0.4) is 0 Å². The van der Waals surface area contributed by atoms with Crippen LogP contribution in [0.15, 0.2) is 18.2 Å². The zero-order chi connectivity index (χ0) is 11.0. The number of carboxylic acid groups (broad SMARTS) is 1. The van der Waals surface area contributed by atoms with E-state index in [1.807, 2.05) is 0 Å². The number of aromatic nitrogens is 2. The zero-order valence-corrected chi connectivity index (χ0v) is 7.77. The molecule has 1 aromatic heterocycles. The van der Waals surface area contributed by atoms with E-state index in [2.05, 4.69) is 5.10 Å². The quantitative estimate of drug-likeness (QED) is 0.800. The van der Waals surface area contributed by atoms with Gasteiger partial charge in [-0.15, -0.1) is 5.10 Å². The zero-order valence-electron chi connectivity index (χ0n) is 7.77. The predicted molar refractivity (Wildman–Crippen MR) is 49.2 cm³/mol. The van der Waals surface area contributed by atoms with Crippen LogP contribution in [0.2, 0.25) is 0 Å². The lowest BCUT2D eigenvalue weighted by Crippen LogP contribution is -2.08. The standard InChI is InChI=1S/C9H7FN2O3/c1-15-12-6-4-2-3-5(10)7(6)8(11-12)9(13)14/h2-4H,1H3,(H,13,14). The largest absolute Gasteiger partial charge is 0.476 e. The molecular weight excluding hydrogens is 203 g/mol. The van der Waals surface area contributed by atoms with Crippen LogP contribution >= 0.6 is 0 Å². The highest BCUT2D eigenvalue weighted by Crippen LogP contribution is 2.21. The van der Waals surface area contributed by atoms with Crippen LogP contribution in [0.25, 0.3) is 10.9 Å². The maximum Gasteiger partial charge on any atom is 0.357 e. The summed E-state index contributed by atoms with van der Waals surface area (Å²) in [6, 6.07) is 4.16. The van der Waals surface area contributed by atoms with Crippen molar-refractivity contribution in [3.8, 4) is 0 Å². The second kappa shape index (κ2) is 3.23. The van der Waals surface area contributed by atoms with Gasteiger partial charge < -0.3 is 9.94 Å². The molecule has 15 heavy (non-hydrogen) atoms. The molecule has 0 unspecified atom stereocenters. The molecule has 0 bridgehead atoms. The van der Waals surface area contributed by atoms with Gasteiger partial charge in [-0.2, -0.15) is 0 Å². The molecule has 0 amide bonds. The Morgan fingerprint density at radius 1 is 1.60 bits per heavy atom. The van der Waals surface area contributed by atoms with Crippen molar-refractivity contribution < 1.29 is 19.1 Å². The summed E-state index contributed by atoms with van der Waals surface area (Å²) in [5.41, 5.74) is -0.0696. The lowest BCUT2D eigenvalue weighted by Gasteiger charge is -1.98. The third-order valence-electron chi connectivity index (χ3n) is 2.00. The van der Waals surface area contributed by atoms with Crippen molar-refractivity contribution in [2.75, 3.05) is 7.11 Å². The van der Waals surface area contributed by atoms with E-state index in [0.717, 1.165) is 4.85 Å². The van der Waals surface area contributed by atoms with Crippen LogP contribution in [0.1, 0.15) is 10.5 Å². The smallest absolute Gasteiger partial charge is 0.357 e. The maximum absolute atomic E-state index is 13.4. The van der Waals surface area contributed by atoms with Gasteiger partial charge in [0.25, 0.3) is 0 Å². The molecular formula is C9H7FN2O3. The number of hydrogen-bond donors (Lipinski definition) is 1. The number of hydrogen-bond acceptors (Lipinski definition) is 3. The molecule has 1 aromatic carbocycles. The van der Waals surface area contributed by atoms with E-state index >= 15 is 0 Å². The van der Waals surface area contributed by atoms with Gasteiger partial charge in [0.05, 0.1) is 5.39 Å². The van der Waals surface area contributed by atoms with Crippen molar-refractivity contribution >= 4 is 16.9 Å². The first-order valence-corrected chi connectivity index (χ1v) is 4.10. The molecule has 1 heterocycles. The van der Waals surface area contributed by atoms with Crippen LogP contribution in [0.4, 0.5) is 4.39 Å². The average molecular weight is 210 g/mol. The summed E-state index contributed by atoms with van der Waals surface area (Å²) >= 11 is 0. The van der Waals surface area contributed by atoms with Gasteiger partial charge in [-0.3, -0.25) is 0 Å². The SMILES string of the molecule is COn1nc(C(=O)O)c2c(F)cccc21. The van der Waals surface area contributed by atoms with Crippen LogP contribution in [-0.2, 0) is 0 Å².